The van der Waals surface area contributed by atoms with E-state index < -0.39 is 0 Å². The van der Waals surface area contributed by atoms with Crippen LogP contribution in [0.5, 0.6) is 0 Å². The molecule has 0 spiro atoms. The maximum absolute atomic E-state index is 6.27. The number of aryl methyl sites for hydroxylation is 2. The summed E-state index contributed by atoms with van der Waals surface area (Å²) in [4.78, 5) is 5.62. The van der Waals surface area contributed by atoms with Gasteiger partial charge in [0, 0.05) is 18.0 Å². The summed E-state index contributed by atoms with van der Waals surface area (Å²) in [6.07, 6.45) is 2.53. The van der Waals surface area contributed by atoms with Crippen molar-refractivity contribution in [2.75, 3.05) is 0 Å². The molecular weight excluding hydrogens is 264 g/mol. The van der Waals surface area contributed by atoms with Crippen LogP contribution >= 0.6 is 23.1 Å². The van der Waals surface area contributed by atoms with Crippen LogP contribution < -0.4 is 5.73 Å². The van der Waals surface area contributed by atoms with Crippen molar-refractivity contribution in [3.05, 3.63) is 28.2 Å². The van der Waals surface area contributed by atoms with Crippen LogP contribution in [0, 0.1) is 6.92 Å². The Morgan fingerprint density at radius 2 is 2.33 bits per heavy atom. The van der Waals surface area contributed by atoms with Gasteiger partial charge in [-0.25, -0.2) is 9.67 Å². The van der Waals surface area contributed by atoms with Crippen molar-refractivity contribution >= 4 is 23.1 Å². The van der Waals surface area contributed by atoms with E-state index in [0.717, 1.165) is 11.6 Å². The third-order valence-electron chi connectivity index (χ3n) is 2.92. The third kappa shape index (κ3) is 2.76. The summed E-state index contributed by atoms with van der Waals surface area (Å²) in [6.45, 7) is 4.26. The molecule has 2 aromatic heterocycles. The summed E-state index contributed by atoms with van der Waals surface area (Å²) in [5.74, 6) is 0. The molecule has 0 aromatic carbocycles. The first-order valence-electron chi connectivity index (χ1n) is 5.93. The monoisotopic (exact) mass is 282 g/mol. The van der Waals surface area contributed by atoms with Crippen molar-refractivity contribution in [3.8, 4) is 0 Å². The van der Waals surface area contributed by atoms with E-state index in [0.29, 0.717) is 0 Å². The van der Waals surface area contributed by atoms with Gasteiger partial charge in [-0.05, 0) is 30.4 Å². The Labute approximate surface area is 116 Å². The van der Waals surface area contributed by atoms with Crippen LogP contribution in [-0.2, 0) is 7.05 Å². The summed E-state index contributed by atoms with van der Waals surface area (Å²) >= 11 is 3.47. The Morgan fingerprint density at radius 3 is 2.83 bits per heavy atom. The molecule has 18 heavy (non-hydrogen) atoms. The number of hydrogen-bond acceptors (Lipinski definition) is 5. The molecular formula is C12H18N4S2. The lowest BCUT2D eigenvalue weighted by Crippen LogP contribution is -2.25. The molecule has 0 saturated heterocycles. The molecule has 98 valence electrons. The van der Waals surface area contributed by atoms with Gasteiger partial charge in [0.1, 0.15) is 6.33 Å². The molecule has 2 N–H and O–H groups in total. The van der Waals surface area contributed by atoms with E-state index in [4.69, 9.17) is 5.73 Å². The summed E-state index contributed by atoms with van der Waals surface area (Å²) in [6, 6.07) is 2.27. The van der Waals surface area contributed by atoms with Crippen molar-refractivity contribution in [2.45, 2.75) is 36.7 Å². The third-order valence-corrected chi connectivity index (χ3v) is 5.59. The number of nitrogens with two attached hydrogens (primary N) is 1. The lowest BCUT2D eigenvalue weighted by Gasteiger charge is -2.21. The molecule has 2 heterocycles. The average Bonchev–Trinajstić information content (AvgIpc) is 2.95. The van der Waals surface area contributed by atoms with Gasteiger partial charge in [-0.15, -0.1) is 11.3 Å². The molecule has 0 bridgehead atoms. The Bertz CT molecular complexity index is 506. The molecule has 2 unspecified atom stereocenters. The van der Waals surface area contributed by atoms with Gasteiger partial charge in [-0.3, -0.25) is 0 Å². The lowest BCUT2D eigenvalue weighted by molar-refractivity contribution is 0.629. The molecule has 0 aliphatic heterocycles. The number of rotatable bonds is 5. The van der Waals surface area contributed by atoms with E-state index in [1.165, 1.54) is 10.4 Å². The highest BCUT2D eigenvalue weighted by molar-refractivity contribution is 7.99. The van der Waals surface area contributed by atoms with E-state index in [1.54, 1.807) is 34.1 Å². The van der Waals surface area contributed by atoms with E-state index in [9.17, 15) is 0 Å². The molecule has 6 heteroatoms. The second kappa shape index (κ2) is 5.86. The van der Waals surface area contributed by atoms with Crippen LogP contribution in [0.15, 0.2) is 22.9 Å². The first-order valence-corrected chi connectivity index (χ1v) is 7.69. The molecule has 0 fully saturated rings. The molecule has 0 saturated carbocycles. The number of aromatic nitrogens is 3. The molecule has 2 rings (SSSR count). The van der Waals surface area contributed by atoms with Gasteiger partial charge in [-0.1, -0.05) is 18.7 Å². The topological polar surface area (TPSA) is 56.7 Å². The minimum absolute atomic E-state index is 0.129. The van der Waals surface area contributed by atoms with Crippen molar-refractivity contribution in [2.24, 2.45) is 12.8 Å². The standard InChI is InChI=1S/C12H18N4S2/c1-4-9(13)11(10-8(2)5-6-17-10)18-12-14-7-15-16(12)3/h5-7,9,11H,4,13H2,1-3H3. The molecule has 0 aliphatic carbocycles. The van der Waals surface area contributed by atoms with E-state index in [1.807, 2.05) is 7.05 Å². The van der Waals surface area contributed by atoms with Crippen LogP contribution in [0.1, 0.15) is 29.0 Å². The highest BCUT2D eigenvalue weighted by atomic mass is 32.2. The van der Waals surface area contributed by atoms with Crippen molar-refractivity contribution < 1.29 is 0 Å². The lowest BCUT2D eigenvalue weighted by atomic mass is 10.1. The molecule has 0 radical (unpaired) electrons. The van der Waals surface area contributed by atoms with Crippen molar-refractivity contribution in [1.82, 2.24) is 14.8 Å². The molecule has 2 atom stereocenters. The molecule has 0 aliphatic rings. The Morgan fingerprint density at radius 1 is 1.56 bits per heavy atom. The Kier molecular flexibility index (Phi) is 4.42. The van der Waals surface area contributed by atoms with Gasteiger partial charge in [0.25, 0.3) is 0 Å². The van der Waals surface area contributed by atoms with Crippen LogP contribution in [-0.4, -0.2) is 20.8 Å². The minimum Gasteiger partial charge on any atom is -0.326 e. The zero-order valence-electron chi connectivity index (χ0n) is 10.8. The minimum atomic E-state index is 0.129. The summed E-state index contributed by atoms with van der Waals surface area (Å²) in [7, 11) is 1.91. The van der Waals surface area contributed by atoms with Gasteiger partial charge in [-0.2, -0.15) is 5.10 Å². The highest BCUT2D eigenvalue weighted by Crippen LogP contribution is 2.40. The maximum atomic E-state index is 6.27. The van der Waals surface area contributed by atoms with Gasteiger partial charge in [0.2, 0.25) is 0 Å². The Hall–Kier alpha value is -0.850. The normalized spacial score (nSPS) is 14.7. The van der Waals surface area contributed by atoms with Crippen LogP contribution in [0.4, 0.5) is 0 Å². The zero-order chi connectivity index (χ0) is 13.1. The number of thioether (sulfide) groups is 1. The number of thiophene rings is 1. The van der Waals surface area contributed by atoms with Gasteiger partial charge in [0.15, 0.2) is 5.16 Å². The van der Waals surface area contributed by atoms with Gasteiger partial charge >= 0.3 is 0 Å². The van der Waals surface area contributed by atoms with Gasteiger partial charge < -0.3 is 5.73 Å². The fourth-order valence-electron chi connectivity index (χ4n) is 1.73. The van der Waals surface area contributed by atoms with E-state index >= 15 is 0 Å². The van der Waals surface area contributed by atoms with Crippen LogP contribution in [0.2, 0.25) is 0 Å². The second-order valence-corrected chi connectivity index (χ2v) is 6.30. The fourth-order valence-corrected chi connectivity index (χ4v) is 4.22. The van der Waals surface area contributed by atoms with Crippen LogP contribution in [0.25, 0.3) is 0 Å². The van der Waals surface area contributed by atoms with E-state index in [-0.39, 0.29) is 11.3 Å². The quantitative estimate of drug-likeness (QED) is 0.857. The second-order valence-electron chi connectivity index (χ2n) is 4.24. The predicted molar refractivity (Wildman–Crippen MR) is 76.9 cm³/mol. The fraction of sp³-hybridized carbons (Fsp3) is 0.500. The predicted octanol–water partition coefficient (Wildman–Crippen LogP) is 2.76. The smallest absolute Gasteiger partial charge is 0.186 e. The van der Waals surface area contributed by atoms with Gasteiger partial charge in [0.05, 0.1) is 5.25 Å². The Balaban J connectivity index is 2.27. The first-order chi connectivity index (χ1) is 8.63. The van der Waals surface area contributed by atoms with Crippen LogP contribution in [0.3, 0.4) is 0 Å². The van der Waals surface area contributed by atoms with E-state index in [2.05, 4.69) is 35.4 Å². The molecule has 2 aromatic rings. The average molecular weight is 282 g/mol. The molecule has 0 amide bonds. The largest absolute Gasteiger partial charge is 0.326 e. The van der Waals surface area contributed by atoms with Crippen molar-refractivity contribution in [1.29, 1.82) is 0 Å². The van der Waals surface area contributed by atoms with Crippen molar-refractivity contribution in [3.63, 3.8) is 0 Å². The number of hydrogen-bond donors (Lipinski definition) is 1. The maximum Gasteiger partial charge on any atom is 0.186 e. The first kappa shape index (κ1) is 13.6. The zero-order valence-corrected chi connectivity index (χ0v) is 12.5. The molecule has 4 nitrogen and oxygen atoms in total. The summed E-state index contributed by atoms with van der Waals surface area (Å²) < 4.78 is 1.79. The highest BCUT2D eigenvalue weighted by Gasteiger charge is 2.24. The SMILES string of the molecule is CCC(N)C(Sc1ncnn1C)c1sccc1C. The summed E-state index contributed by atoms with van der Waals surface area (Å²) in [5.41, 5.74) is 7.58. The summed E-state index contributed by atoms with van der Waals surface area (Å²) in [5, 5.41) is 7.39. The number of nitrogens with zero attached hydrogens (tertiary/aromatic N) is 3.